The molecule has 0 saturated carbocycles. The number of rotatable bonds is 13. The normalized spacial score (nSPS) is 13.0. The van der Waals surface area contributed by atoms with Crippen LogP contribution in [0.3, 0.4) is 0 Å². The molecule has 7 heteroatoms. The first-order valence-electron chi connectivity index (χ1n) is 13.4. The van der Waals surface area contributed by atoms with Crippen LogP contribution in [-0.4, -0.2) is 29.3 Å². The molecule has 0 radical (unpaired) electrons. The highest BCUT2D eigenvalue weighted by Crippen LogP contribution is 2.23. The number of amides is 1. The van der Waals surface area contributed by atoms with Crippen LogP contribution in [-0.2, 0) is 27.4 Å². The van der Waals surface area contributed by atoms with Crippen molar-refractivity contribution >= 4 is 17.7 Å². The monoisotopic (exact) mass is 533 g/mol. The number of hydrogen-bond acceptors (Lipinski definition) is 6. The van der Waals surface area contributed by atoms with Crippen molar-refractivity contribution < 1.29 is 28.3 Å². The maximum Gasteiger partial charge on any atom is 0.310 e. The Morgan fingerprint density at radius 2 is 1.59 bits per heavy atom. The van der Waals surface area contributed by atoms with Crippen molar-refractivity contribution in [1.82, 2.24) is 5.32 Å². The molecule has 3 aromatic rings. The van der Waals surface area contributed by atoms with Gasteiger partial charge in [-0.1, -0.05) is 56.3 Å². The van der Waals surface area contributed by atoms with Crippen LogP contribution in [0, 0.1) is 11.8 Å². The van der Waals surface area contributed by atoms with Gasteiger partial charge in [-0.3, -0.25) is 14.4 Å². The zero-order valence-corrected chi connectivity index (χ0v) is 23.4. The molecule has 1 heterocycles. The Balaban J connectivity index is 1.71. The van der Waals surface area contributed by atoms with E-state index in [-0.39, 0.29) is 23.9 Å². The molecule has 208 valence electrons. The van der Waals surface area contributed by atoms with Crippen LogP contribution in [0.15, 0.2) is 77.4 Å². The molecule has 1 aromatic heterocycles. The first-order chi connectivity index (χ1) is 18.5. The number of carbonyl (C=O) groups excluding carboxylic acids is 3. The van der Waals surface area contributed by atoms with Gasteiger partial charge >= 0.3 is 5.97 Å². The van der Waals surface area contributed by atoms with Gasteiger partial charge < -0.3 is 19.2 Å². The van der Waals surface area contributed by atoms with Crippen molar-refractivity contribution in [2.75, 3.05) is 0 Å². The minimum absolute atomic E-state index is 0.0585. The molecule has 2 unspecified atom stereocenters. The molecule has 7 nitrogen and oxygen atoms in total. The minimum atomic E-state index is -0.749. The van der Waals surface area contributed by atoms with E-state index < -0.39 is 29.4 Å². The molecular weight excluding hydrogens is 494 g/mol. The predicted molar refractivity (Wildman–Crippen MR) is 149 cm³/mol. The fourth-order valence-electron chi connectivity index (χ4n) is 4.14. The lowest BCUT2D eigenvalue weighted by atomic mass is 9.89. The Bertz CT molecular complexity index is 1190. The van der Waals surface area contributed by atoms with Crippen LogP contribution >= 0.6 is 0 Å². The summed E-state index contributed by atoms with van der Waals surface area (Å²) in [6, 6.07) is 19.8. The van der Waals surface area contributed by atoms with E-state index in [9.17, 15) is 14.4 Å². The standard InChI is InChI=1S/C32H39NO6/c1-22(2)18-27(33-30(35)29-12-9-17-37-29)28(34)20-25(31(36)39-32(3,4)5)19-23-13-15-26(16-14-23)38-21-24-10-7-6-8-11-24/h6-17,22,25,27H,18-21H2,1-5H3,(H,33,35). The number of hydrogen-bond donors (Lipinski definition) is 1. The van der Waals surface area contributed by atoms with Crippen molar-refractivity contribution in [3.63, 3.8) is 0 Å². The van der Waals surface area contributed by atoms with Crippen molar-refractivity contribution in [1.29, 1.82) is 0 Å². The minimum Gasteiger partial charge on any atom is -0.489 e. The van der Waals surface area contributed by atoms with Crippen molar-refractivity contribution in [3.05, 3.63) is 89.9 Å². The highest BCUT2D eigenvalue weighted by molar-refractivity contribution is 5.96. The average Bonchev–Trinajstić information content (AvgIpc) is 3.42. The zero-order chi connectivity index (χ0) is 28.4. The average molecular weight is 534 g/mol. The van der Waals surface area contributed by atoms with Gasteiger partial charge in [-0.2, -0.15) is 0 Å². The van der Waals surface area contributed by atoms with Gasteiger partial charge in [0.15, 0.2) is 11.5 Å². The van der Waals surface area contributed by atoms with Gasteiger partial charge in [-0.25, -0.2) is 0 Å². The predicted octanol–water partition coefficient (Wildman–Crippen LogP) is 6.16. The SMILES string of the molecule is CC(C)CC(NC(=O)c1ccco1)C(=O)CC(Cc1ccc(OCc2ccccc2)cc1)C(=O)OC(C)(C)C. The number of esters is 1. The quantitative estimate of drug-likeness (QED) is 0.264. The maximum atomic E-state index is 13.5. The Morgan fingerprint density at radius 1 is 0.897 bits per heavy atom. The molecule has 0 bridgehead atoms. The molecule has 0 aliphatic heterocycles. The summed E-state index contributed by atoms with van der Waals surface area (Å²) in [6.45, 7) is 9.81. The van der Waals surface area contributed by atoms with Crippen LogP contribution in [0.2, 0.25) is 0 Å². The van der Waals surface area contributed by atoms with Gasteiger partial charge in [0.1, 0.15) is 18.0 Å². The number of ketones is 1. The molecule has 0 spiro atoms. The highest BCUT2D eigenvalue weighted by Gasteiger charge is 2.31. The summed E-state index contributed by atoms with van der Waals surface area (Å²) in [6.07, 6.45) is 2.11. The second-order valence-corrected chi connectivity index (χ2v) is 11.2. The summed E-state index contributed by atoms with van der Waals surface area (Å²) in [7, 11) is 0. The lowest BCUT2D eigenvalue weighted by molar-refractivity contribution is -0.161. The molecule has 0 aliphatic rings. The number of benzene rings is 2. The lowest BCUT2D eigenvalue weighted by Gasteiger charge is -2.25. The Hall–Kier alpha value is -3.87. The third kappa shape index (κ3) is 10.1. The molecule has 2 atom stereocenters. The fourth-order valence-corrected chi connectivity index (χ4v) is 4.14. The number of furan rings is 1. The Morgan fingerprint density at radius 3 is 2.18 bits per heavy atom. The Labute approximate surface area is 230 Å². The van der Waals surface area contributed by atoms with E-state index >= 15 is 0 Å². The molecule has 0 saturated heterocycles. The van der Waals surface area contributed by atoms with Gasteiger partial charge in [0.25, 0.3) is 5.91 Å². The number of Topliss-reactive ketones (excluding diaryl/α,β-unsaturated/α-hetero) is 1. The van der Waals surface area contributed by atoms with E-state index in [2.05, 4.69) is 5.32 Å². The summed E-state index contributed by atoms with van der Waals surface area (Å²) in [5.74, 6) is -0.829. The highest BCUT2D eigenvalue weighted by atomic mass is 16.6. The zero-order valence-electron chi connectivity index (χ0n) is 23.4. The topological polar surface area (TPSA) is 94.8 Å². The number of nitrogens with one attached hydrogen (secondary N) is 1. The summed E-state index contributed by atoms with van der Waals surface area (Å²) >= 11 is 0. The van der Waals surface area contributed by atoms with Gasteiger partial charge in [0, 0.05) is 6.42 Å². The van der Waals surface area contributed by atoms with E-state index in [1.165, 1.54) is 6.26 Å². The second-order valence-electron chi connectivity index (χ2n) is 11.2. The first-order valence-corrected chi connectivity index (χ1v) is 13.4. The number of ether oxygens (including phenoxy) is 2. The maximum absolute atomic E-state index is 13.5. The third-order valence-electron chi connectivity index (χ3n) is 5.99. The van der Waals surface area contributed by atoms with Crippen LogP contribution in [0.4, 0.5) is 0 Å². The summed E-state index contributed by atoms with van der Waals surface area (Å²) in [5, 5.41) is 2.79. The van der Waals surface area contributed by atoms with Gasteiger partial charge in [0.2, 0.25) is 0 Å². The molecule has 0 aliphatic carbocycles. The Kier molecular flexibility index (Phi) is 10.5. The second kappa shape index (κ2) is 13.8. The van der Waals surface area contributed by atoms with Gasteiger partial charge in [-0.05, 0) is 74.9 Å². The molecule has 2 aromatic carbocycles. The molecule has 39 heavy (non-hydrogen) atoms. The van der Waals surface area contributed by atoms with E-state index in [0.29, 0.717) is 25.2 Å². The van der Waals surface area contributed by atoms with Gasteiger partial charge in [-0.15, -0.1) is 0 Å². The molecule has 1 N–H and O–H groups in total. The van der Waals surface area contributed by atoms with Crippen molar-refractivity contribution in [2.45, 2.75) is 72.1 Å². The molecule has 1 amide bonds. The largest absolute Gasteiger partial charge is 0.489 e. The molecule has 0 fully saturated rings. The van der Waals surface area contributed by atoms with Crippen LogP contribution < -0.4 is 10.1 Å². The van der Waals surface area contributed by atoms with E-state index in [4.69, 9.17) is 13.9 Å². The third-order valence-corrected chi connectivity index (χ3v) is 5.99. The smallest absolute Gasteiger partial charge is 0.310 e. The van der Waals surface area contributed by atoms with Crippen LogP contribution in [0.5, 0.6) is 5.75 Å². The van der Waals surface area contributed by atoms with Crippen molar-refractivity contribution in [2.24, 2.45) is 11.8 Å². The van der Waals surface area contributed by atoms with E-state index in [0.717, 1.165) is 11.1 Å². The molecular formula is C32H39NO6. The number of carbonyl (C=O) groups is 3. The van der Waals surface area contributed by atoms with Gasteiger partial charge in [0.05, 0.1) is 18.2 Å². The molecule has 3 rings (SSSR count). The van der Waals surface area contributed by atoms with Crippen molar-refractivity contribution in [3.8, 4) is 5.75 Å². The van der Waals surface area contributed by atoms with Crippen LogP contribution in [0.1, 0.15) is 69.1 Å². The first kappa shape index (κ1) is 29.7. The summed E-state index contributed by atoms with van der Waals surface area (Å²) in [4.78, 5) is 39.2. The van der Waals surface area contributed by atoms with Crippen LogP contribution in [0.25, 0.3) is 0 Å². The summed E-state index contributed by atoms with van der Waals surface area (Å²) < 4.78 is 16.7. The summed E-state index contributed by atoms with van der Waals surface area (Å²) in [5.41, 5.74) is 1.25. The van der Waals surface area contributed by atoms with E-state index in [1.54, 1.807) is 32.9 Å². The fraction of sp³-hybridized carbons (Fsp3) is 0.406. The van der Waals surface area contributed by atoms with E-state index in [1.807, 2.05) is 68.4 Å². The lowest BCUT2D eigenvalue weighted by Crippen LogP contribution is -2.43.